The summed E-state index contributed by atoms with van der Waals surface area (Å²) in [7, 11) is 0. The summed E-state index contributed by atoms with van der Waals surface area (Å²) in [5, 5.41) is 5.93. The molecule has 0 aliphatic carbocycles. The molecule has 0 fully saturated rings. The molecule has 0 bridgehead atoms. The normalized spacial score (nSPS) is 12.3. The van der Waals surface area contributed by atoms with Crippen LogP contribution in [0.4, 0.5) is 0 Å². The van der Waals surface area contributed by atoms with Gasteiger partial charge >= 0.3 is 0 Å². The molecule has 2 aromatic rings. The number of fused-ring (bicyclic) bond motifs is 1. The second kappa shape index (κ2) is 7.73. The standard InChI is InChI=1S/C16H21N3O4/c1-3-10-23-11(2)14(20)17-8-9-19-16(22)13-7-5-4-6-12(13)15(21)18-19/h4-7,11H,3,8-10H2,1-2H3,(H,17,20)(H,18,21)/t11-/m1/s1. The molecule has 124 valence electrons. The van der Waals surface area contributed by atoms with Gasteiger partial charge in [-0.25, -0.2) is 4.68 Å². The molecule has 7 nitrogen and oxygen atoms in total. The van der Waals surface area contributed by atoms with Crippen LogP contribution in [-0.2, 0) is 16.1 Å². The van der Waals surface area contributed by atoms with E-state index < -0.39 is 6.10 Å². The highest BCUT2D eigenvalue weighted by molar-refractivity contribution is 5.80. The van der Waals surface area contributed by atoms with Gasteiger partial charge in [-0.1, -0.05) is 19.1 Å². The van der Waals surface area contributed by atoms with Gasteiger partial charge < -0.3 is 10.1 Å². The monoisotopic (exact) mass is 319 g/mol. The summed E-state index contributed by atoms with van der Waals surface area (Å²) < 4.78 is 6.53. The molecule has 0 saturated carbocycles. The Bertz CT molecular complexity index is 794. The first-order valence-electron chi connectivity index (χ1n) is 7.65. The van der Waals surface area contributed by atoms with Gasteiger partial charge in [0.05, 0.1) is 17.3 Å². The van der Waals surface area contributed by atoms with Crippen molar-refractivity contribution in [3.8, 4) is 0 Å². The van der Waals surface area contributed by atoms with E-state index in [1.165, 1.54) is 4.68 Å². The summed E-state index contributed by atoms with van der Waals surface area (Å²) in [6.45, 7) is 4.58. The van der Waals surface area contributed by atoms with E-state index in [0.717, 1.165) is 6.42 Å². The molecule has 2 N–H and O–H groups in total. The third-order valence-corrected chi connectivity index (χ3v) is 3.46. The summed E-state index contributed by atoms with van der Waals surface area (Å²) in [4.78, 5) is 36.0. The van der Waals surface area contributed by atoms with Crippen molar-refractivity contribution in [2.45, 2.75) is 32.9 Å². The van der Waals surface area contributed by atoms with Crippen molar-refractivity contribution in [2.75, 3.05) is 13.2 Å². The van der Waals surface area contributed by atoms with Crippen molar-refractivity contribution in [1.29, 1.82) is 0 Å². The fourth-order valence-electron chi connectivity index (χ4n) is 2.21. The largest absolute Gasteiger partial charge is 0.369 e. The van der Waals surface area contributed by atoms with Gasteiger partial charge in [0, 0.05) is 13.2 Å². The molecule has 2 rings (SSSR count). The molecule has 0 unspecified atom stereocenters. The van der Waals surface area contributed by atoms with Gasteiger partial charge in [-0.3, -0.25) is 19.5 Å². The van der Waals surface area contributed by atoms with Crippen LogP contribution in [0.15, 0.2) is 33.9 Å². The third kappa shape index (κ3) is 4.07. The van der Waals surface area contributed by atoms with Gasteiger partial charge in [-0.2, -0.15) is 0 Å². The Morgan fingerprint density at radius 2 is 2.00 bits per heavy atom. The van der Waals surface area contributed by atoms with Crippen LogP contribution in [0, 0.1) is 0 Å². The van der Waals surface area contributed by atoms with Gasteiger partial charge in [0.15, 0.2) is 0 Å². The highest BCUT2D eigenvalue weighted by Crippen LogP contribution is 2.02. The average molecular weight is 319 g/mol. The maximum absolute atomic E-state index is 12.3. The number of carbonyl (C=O) groups excluding carboxylic acids is 1. The molecule has 0 spiro atoms. The lowest BCUT2D eigenvalue weighted by atomic mass is 10.2. The smallest absolute Gasteiger partial charge is 0.273 e. The average Bonchev–Trinajstić information content (AvgIpc) is 2.56. The third-order valence-electron chi connectivity index (χ3n) is 3.46. The van der Waals surface area contributed by atoms with Gasteiger partial charge in [-0.05, 0) is 25.5 Å². The van der Waals surface area contributed by atoms with E-state index in [4.69, 9.17) is 4.74 Å². The minimum absolute atomic E-state index is 0.186. The summed E-state index contributed by atoms with van der Waals surface area (Å²) in [5.74, 6) is -0.241. The number of nitrogens with one attached hydrogen (secondary N) is 2. The van der Waals surface area contributed by atoms with E-state index in [-0.39, 0.29) is 30.1 Å². The lowest BCUT2D eigenvalue weighted by Crippen LogP contribution is -2.39. The van der Waals surface area contributed by atoms with Gasteiger partial charge in [0.1, 0.15) is 6.10 Å². The van der Waals surface area contributed by atoms with Crippen LogP contribution >= 0.6 is 0 Å². The summed E-state index contributed by atoms with van der Waals surface area (Å²) in [5.41, 5.74) is -0.615. The predicted octanol–water partition coefficient (Wildman–Crippen LogP) is 0.621. The molecule has 0 aliphatic rings. The van der Waals surface area contributed by atoms with E-state index in [9.17, 15) is 14.4 Å². The topological polar surface area (TPSA) is 93.2 Å². The molecule has 1 amide bonds. The first-order valence-corrected chi connectivity index (χ1v) is 7.65. The molecule has 1 aromatic heterocycles. The second-order valence-electron chi connectivity index (χ2n) is 5.25. The molecule has 0 saturated heterocycles. The van der Waals surface area contributed by atoms with Crippen molar-refractivity contribution < 1.29 is 9.53 Å². The Kier molecular flexibility index (Phi) is 5.70. The Morgan fingerprint density at radius 3 is 2.70 bits per heavy atom. The van der Waals surface area contributed by atoms with Crippen LogP contribution in [0.3, 0.4) is 0 Å². The Labute approximate surface area is 133 Å². The molecular formula is C16H21N3O4. The zero-order valence-corrected chi connectivity index (χ0v) is 13.3. The Balaban J connectivity index is 2.03. The number of rotatable bonds is 7. The number of benzene rings is 1. The molecule has 0 aliphatic heterocycles. The van der Waals surface area contributed by atoms with E-state index in [1.807, 2.05) is 6.92 Å². The van der Waals surface area contributed by atoms with Crippen LogP contribution in [-0.4, -0.2) is 34.9 Å². The molecule has 23 heavy (non-hydrogen) atoms. The number of nitrogens with zero attached hydrogens (tertiary/aromatic N) is 1. The number of amides is 1. The first-order chi connectivity index (χ1) is 11.0. The van der Waals surface area contributed by atoms with Crippen LogP contribution in [0.5, 0.6) is 0 Å². The number of H-pyrrole nitrogens is 1. The number of aromatic nitrogens is 2. The minimum atomic E-state index is -0.540. The van der Waals surface area contributed by atoms with Crippen LogP contribution in [0.2, 0.25) is 0 Å². The maximum Gasteiger partial charge on any atom is 0.273 e. The zero-order valence-electron chi connectivity index (χ0n) is 13.3. The Morgan fingerprint density at radius 1 is 1.30 bits per heavy atom. The maximum atomic E-state index is 12.3. The lowest BCUT2D eigenvalue weighted by Gasteiger charge is -2.13. The minimum Gasteiger partial charge on any atom is -0.369 e. The molecular weight excluding hydrogens is 298 g/mol. The van der Waals surface area contributed by atoms with Gasteiger partial charge in [0.25, 0.3) is 11.1 Å². The predicted molar refractivity (Wildman–Crippen MR) is 87.5 cm³/mol. The lowest BCUT2D eigenvalue weighted by molar-refractivity contribution is -0.131. The van der Waals surface area contributed by atoms with E-state index >= 15 is 0 Å². The van der Waals surface area contributed by atoms with Crippen molar-refractivity contribution in [3.63, 3.8) is 0 Å². The summed E-state index contributed by atoms with van der Waals surface area (Å²) in [6, 6.07) is 6.64. The van der Waals surface area contributed by atoms with Crippen LogP contribution < -0.4 is 16.4 Å². The molecule has 1 atom stereocenters. The zero-order chi connectivity index (χ0) is 16.8. The molecule has 7 heteroatoms. The van der Waals surface area contributed by atoms with Gasteiger partial charge in [0.2, 0.25) is 5.91 Å². The summed E-state index contributed by atoms with van der Waals surface area (Å²) in [6.07, 6.45) is 0.299. The first kappa shape index (κ1) is 17.0. The Hall–Kier alpha value is -2.41. The fourth-order valence-corrected chi connectivity index (χ4v) is 2.21. The number of hydrogen-bond donors (Lipinski definition) is 2. The van der Waals surface area contributed by atoms with Crippen molar-refractivity contribution >= 4 is 16.7 Å². The van der Waals surface area contributed by atoms with Crippen molar-refractivity contribution in [3.05, 3.63) is 45.0 Å². The molecule has 1 aromatic carbocycles. The van der Waals surface area contributed by atoms with E-state index in [0.29, 0.717) is 17.4 Å². The van der Waals surface area contributed by atoms with Crippen LogP contribution in [0.1, 0.15) is 20.3 Å². The molecule has 0 radical (unpaired) electrons. The van der Waals surface area contributed by atoms with Crippen LogP contribution in [0.25, 0.3) is 10.8 Å². The quantitative estimate of drug-likeness (QED) is 0.782. The highest BCUT2D eigenvalue weighted by Gasteiger charge is 2.12. The SMILES string of the molecule is CCCO[C@H](C)C(=O)NCCn1[nH]c(=O)c2ccccc2c1=O. The van der Waals surface area contributed by atoms with Gasteiger partial charge in [-0.15, -0.1) is 0 Å². The second-order valence-corrected chi connectivity index (χ2v) is 5.25. The van der Waals surface area contributed by atoms with E-state index in [1.54, 1.807) is 31.2 Å². The number of carbonyl (C=O) groups is 1. The number of ether oxygens (including phenoxy) is 1. The van der Waals surface area contributed by atoms with Crippen molar-refractivity contribution in [1.82, 2.24) is 15.1 Å². The fraction of sp³-hybridized carbons (Fsp3) is 0.438. The highest BCUT2D eigenvalue weighted by atomic mass is 16.5. The molecule has 1 heterocycles. The number of aromatic amines is 1. The number of hydrogen-bond acceptors (Lipinski definition) is 4. The van der Waals surface area contributed by atoms with Crippen molar-refractivity contribution in [2.24, 2.45) is 0 Å². The summed E-state index contributed by atoms with van der Waals surface area (Å²) >= 11 is 0. The van der Waals surface area contributed by atoms with E-state index in [2.05, 4.69) is 10.4 Å².